The fourth-order valence-electron chi connectivity index (χ4n) is 2.36. The second-order valence-electron chi connectivity index (χ2n) is 4.73. The number of thiophene rings is 1. The van der Waals surface area contributed by atoms with Crippen LogP contribution in [-0.4, -0.2) is 37.5 Å². The first kappa shape index (κ1) is 15.5. The monoisotopic (exact) mass is 288 g/mol. The number of aryl methyl sites for hydroxylation is 1. The third-order valence-corrected chi connectivity index (χ3v) is 4.46. The van der Waals surface area contributed by atoms with Crippen molar-refractivity contribution in [1.29, 1.82) is 0 Å². The van der Waals surface area contributed by atoms with Crippen LogP contribution in [0, 0.1) is 12.8 Å². The third-order valence-electron chi connectivity index (χ3n) is 3.45. The van der Waals surface area contributed by atoms with Crippen molar-refractivity contribution in [2.24, 2.45) is 5.92 Å². The number of nitrogens with one attached hydrogen (secondary N) is 1. The average Bonchev–Trinajstić information content (AvgIpc) is 2.76. The van der Waals surface area contributed by atoms with Crippen LogP contribution >= 0.6 is 23.7 Å². The van der Waals surface area contributed by atoms with E-state index >= 15 is 0 Å². The van der Waals surface area contributed by atoms with E-state index in [0.29, 0.717) is 0 Å². The Hall–Kier alpha value is -0.580. The summed E-state index contributed by atoms with van der Waals surface area (Å²) in [4.78, 5) is 15.2. The summed E-state index contributed by atoms with van der Waals surface area (Å²) in [5.41, 5.74) is 1.11. The summed E-state index contributed by atoms with van der Waals surface area (Å²) in [5.74, 6) is 0.953. The molecule has 1 aliphatic heterocycles. The molecule has 1 aliphatic rings. The molecule has 18 heavy (non-hydrogen) atoms. The van der Waals surface area contributed by atoms with Crippen molar-refractivity contribution in [2.75, 3.05) is 26.7 Å². The number of hydrogen-bond acceptors (Lipinski definition) is 3. The molecular weight excluding hydrogens is 268 g/mol. The second kappa shape index (κ2) is 7.12. The van der Waals surface area contributed by atoms with Crippen LogP contribution in [0.25, 0.3) is 0 Å². The molecule has 2 heterocycles. The van der Waals surface area contributed by atoms with Crippen LogP contribution in [0.5, 0.6) is 0 Å². The van der Waals surface area contributed by atoms with Crippen molar-refractivity contribution in [1.82, 2.24) is 10.2 Å². The van der Waals surface area contributed by atoms with E-state index in [1.54, 1.807) is 11.3 Å². The first-order valence-corrected chi connectivity index (χ1v) is 7.08. The molecule has 1 aromatic heterocycles. The molecule has 5 heteroatoms. The number of piperidine rings is 1. The van der Waals surface area contributed by atoms with E-state index in [4.69, 9.17) is 0 Å². The quantitative estimate of drug-likeness (QED) is 0.927. The maximum absolute atomic E-state index is 12.3. The molecule has 0 spiro atoms. The number of nitrogens with zero attached hydrogens (tertiary/aromatic N) is 1. The lowest BCUT2D eigenvalue weighted by molar-refractivity contribution is 0.0695. The van der Waals surface area contributed by atoms with E-state index in [2.05, 4.69) is 5.32 Å². The van der Waals surface area contributed by atoms with Crippen molar-refractivity contribution < 1.29 is 4.79 Å². The predicted octanol–water partition coefficient (Wildman–Crippen LogP) is 2.55. The lowest BCUT2D eigenvalue weighted by Gasteiger charge is -2.31. The van der Waals surface area contributed by atoms with Crippen molar-refractivity contribution >= 4 is 29.7 Å². The van der Waals surface area contributed by atoms with Crippen LogP contribution in [0.15, 0.2) is 11.4 Å². The highest BCUT2D eigenvalue weighted by molar-refractivity contribution is 7.12. The van der Waals surface area contributed by atoms with Crippen molar-refractivity contribution in [3.05, 3.63) is 21.9 Å². The Morgan fingerprint density at radius 3 is 2.67 bits per heavy atom. The maximum Gasteiger partial charge on any atom is 0.264 e. The van der Waals surface area contributed by atoms with Crippen molar-refractivity contribution in [3.8, 4) is 0 Å². The zero-order chi connectivity index (χ0) is 12.3. The molecule has 2 rings (SSSR count). The van der Waals surface area contributed by atoms with E-state index in [1.165, 1.54) is 0 Å². The molecule has 1 fully saturated rings. The summed E-state index contributed by atoms with van der Waals surface area (Å²) in [6.45, 7) is 4.89. The van der Waals surface area contributed by atoms with Crippen LogP contribution in [-0.2, 0) is 0 Å². The number of carbonyl (C=O) groups is 1. The highest BCUT2D eigenvalue weighted by atomic mass is 35.5. The minimum Gasteiger partial charge on any atom is -0.338 e. The maximum atomic E-state index is 12.3. The minimum atomic E-state index is 0. The smallest absolute Gasteiger partial charge is 0.264 e. The van der Waals surface area contributed by atoms with Gasteiger partial charge in [0.25, 0.3) is 5.91 Å². The topological polar surface area (TPSA) is 32.3 Å². The van der Waals surface area contributed by atoms with Gasteiger partial charge < -0.3 is 10.2 Å². The number of carbonyl (C=O) groups excluding carboxylic acids is 1. The Morgan fingerprint density at radius 1 is 1.50 bits per heavy atom. The molecule has 0 unspecified atom stereocenters. The largest absolute Gasteiger partial charge is 0.338 e. The van der Waals surface area contributed by atoms with Gasteiger partial charge in [0.1, 0.15) is 0 Å². The van der Waals surface area contributed by atoms with Gasteiger partial charge in [0.2, 0.25) is 0 Å². The van der Waals surface area contributed by atoms with Gasteiger partial charge in [-0.2, -0.15) is 0 Å². The van der Waals surface area contributed by atoms with Gasteiger partial charge >= 0.3 is 0 Å². The van der Waals surface area contributed by atoms with Crippen LogP contribution < -0.4 is 5.32 Å². The summed E-state index contributed by atoms with van der Waals surface area (Å²) < 4.78 is 0. The fourth-order valence-corrected chi connectivity index (χ4v) is 3.26. The summed E-state index contributed by atoms with van der Waals surface area (Å²) in [5, 5.41) is 5.21. The Balaban J connectivity index is 0.00000162. The number of likely N-dealkylation sites (tertiary alicyclic amines) is 1. The molecule has 1 N–H and O–H groups in total. The molecule has 1 saturated heterocycles. The highest BCUT2D eigenvalue weighted by Crippen LogP contribution is 2.22. The highest BCUT2D eigenvalue weighted by Gasteiger charge is 2.24. The Bertz CT molecular complexity index is 386. The van der Waals surface area contributed by atoms with Gasteiger partial charge in [0, 0.05) is 13.1 Å². The summed E-state index contributed by atoms with van der Waals surface area (Å²) in [7, 11) is 1.99. The van der Waals surface area contributed by atoms with E-state index in [0.717, 1.165) is 48.8 Å². The zero-order valence-corrected chi connectivity index (χ0v) is 12.6. The number of hydrogen-bond donors (Lipinski definition) is 1. The Morgan fingerprint density at radius 2 is 2.17 bits per heavy atom. The molecule has 0 saturated carbocycles. The lowest BCUT2D eigenvalue weighted by Crippen LogP contribution is -2.40. The molecule has 0 aliphatic carbocycles. The summed E-state index contributed by atoms with van der Waals surface area (Å²) in [6.07, 6.45) is 2.24. The van der Waals surface area contributed by atoms with Gasteiger partial charge in [-0.15, -0.1) is 23.7 Å². The van der Waals surface area contributed by atoms with Gasteiger partial charge in [-0.25, -0.2) is 0 Å². The van der Waals surface area contributed by atoms with E-state index in [1.807, 2.05) is 30.3 Å². The van der Waals surface area contributed by atoms with Crippen LogP contribution in [0.4, 0.5) is 0 Å². The molecule has 1 aromatic rings. The van der Waals surface area contributed by atoms with Crippen LogP contribution in [0.2, 0.25) is 0 Å². The molecule has 0 bridgehead atoms. The Kier molecular flexibility index (Phi) is 6.12. The van der Waals surface area contributed by atoms with E-state index < -0.39 is 0 Å². The number of rotatable bonds is 3. The van der Waals surface area contributed by atoms with Crippen molar-refractivity contribution in [3.63, 3.8) is 0 Å². The zero-order valence-electron chi connectivity index (χ0n) is 10.9. The molecule has 3 nitrogen and oxygen atoms in total. The molecular formula is C13H21ClN2OS. The average molecular weight is 289 g/mol. The second-order valence-corrected chi connectivity index (χ2v) is 5.64. The van der Waals surface area contributed by atoms with Gasteiger partial charge in [0.05, 0.1) is 4.88 Å². The van der Waals surface area contributed by atoms with Gasteiger partial charge in [-0.3, -0.25) is 4.79 Å². The Labute approximate surface area is 119 Å². The normalized spacial score (nSPS) is 16.4. The lowest BCUT2D eigenvalue weighted by atomic mass is 9.96. The standard InChI is InChI=1S/C13H20N2OS.ClH/c1-10-5-8-17-12(10)13(16)15-6-3-11(4-7-15)9-14-2;/h5,8,11,14H,3-4,6-7,9H2,1-2H3;1H. The van der Waals surface area contributed by atoms with E-state index in [9.17, 15) is 4.79 Å². The molecule has 102 valence electrons. The van der Waals surface area contributed by atoms with Crippen LogP contribution in [0.3, 0.4) is 0 Å². The van der Waals surface area contributed by atoms with Crippen molar-refractivity contribution in [2.45, 2.75) is 19.8 Å². The third kappa shape index (κ3) is 3.46. The fraction of sp³-hybridized carbons (Fsp3) is 0.615. The first-order valence-electron chi connectivity index (χ1n) is 6.20. The molecule has 1 amide bonds. The SMILES string of the molecule is CNCC1CCN(C(=O)c2sccc2C)CC1.Cl. The molecule has 0 atom stereocenters. The van der Waals surface area contributed by atoms with Crippen LogP contribution in [0.1, 0.15) is 28.1 Å². The summed E-state index contributed by atoms with van der Waals surface area (Å²) >= 11 is 1.56. The van der Waals surface area contributed by atoms with Gasteiger partial charge in [0.15, 0.2) is 0 Å². The minimum absolute atomic E-state index is 0. The molecule has 0 radical (unpaired) electrons. The van der Waals surface area contributed by atoms with E-state index in [-0.39, 0.29) is 18.3 Å². The number of amides is 1. The predicted molar refractivity (Wildman–Crippen MR) is 78.9 cm³/mol. The number of halogens is 1. The van der Waals surface area contributed by atoms with Gasteiger partial charge in [-0.1, -0.05) is 0 Å². The van der Waals surface area contributed by atoms with Gasteiger partial charge in [-0.05, 0) is 56.3 Å². The summed E-state index contributed by atoms with van der Waals surface area (Å²) in [6, 6.07) is 2.02. The first-order chi connectivity index (χ1) is 8.22. The molecule has 0 aromatic carbocycles.